The van der Waals surface area contributed by atoms with Gasteiger partial charge in [0.1, 0.15) is 5.02 Å². The predicted molar refractivity (Wildman–Crippen MR) is 82.4 cm³/mol. The van der Waals surface area contributed by atoms with Gasteiger partial charge in [-0.25, -0.2) is 4.68 Å². The average Bonchev–Trinajstić information content (AvgIpc) is 2.64. The predicted octanol–water partition coefficient (Wildman–Crippen LogP) is 3.85. The van der Waals surface area contributed by atoms with E-state index in [0.29, 0.717) is 5.75 Å². The summed E-state index contributed by atoms with van der Waals surface area (Å²) >= 11 is 7.86. The number of hydrogen-bond acceptors (Lipinski definition) is 2. The Kier molecular flexibility index (Phi) is 4.11. The van der Waals surface area contributed by atoms with E-state index in [4.69, 9.17) is 11.6 Å². The number of para-hydroxylation sites is 1. The summed E-state index contributed by atoms with van der Waals surface area (Å²) in [5, 5.41) is 3.37. The second-order valence-corrected chi connectivity index (χ2v) is 7.46. The molecule has 0 aliphatic rings. The molecule has 1 heterocycles. The summed E-state index contributed by atoms with van der Waals surface area (Å²) in [7, 11) is 0. The topological polar surface area (TPSA) is 37.8 Å². The van der Waals surface area contributed by atoms with Gasteiger partial charge >= 0.3 is 0 Å². The molecule has 3 nitrogen and oxygen atoms in total. The second kappa shape index (κ2) is 5.47. The van der Waals surface area contributed by atoms with E-state index in [1.165, 1.54) is 4.68 Å². The number of benzene rings is 1. The zero-order chi connectivity index (χ0) is 14.0. The van der Waals surface area contributed by atoms with Gasteiger partial charge in [-0.3, -0.25) is 9.89 Å². The van der Waals surface area contributed by atoms with Crippen LogP contribution in [0.2, 0.25) is 5.02 Å². The van der Waals surface area contributed by atoms with Gasteiger partial charge in [-0.2, -0.15) is 0 Å². The zero-order valence-corrected chi connectivity index (χ0v) is 12.8. The number of nitrogens with one attached hydrogen (secondary N) is 1. The molecule has 19 heavy (non-hydrogen) atoms. The molecule has 0 radical (unpaired) electrons. The maximum absolute atomic E-state index is 12.1. The fraction of sp³-hybridized carbons (Fsp3) is 0.357. The standard InChI is InChI=1S/C14H17ClN2OS/c1-14(2,3)19-9-11-12(15)13(18)17(16-11)10-7-5-4-6-8-10/h4-8,16H,9H2,1-3H3. The summed E-state index contributed by atoms with van der Waals surface area (Å²) in [4.78, 5) is 12.1. The van der Waals surface area contributed by atoms with Gasteiger partial charge in [0.05, 0.1) is 11.4 Å². The van der Waals surface area contributed by atoms with Crippen LogP contribution in [0.15, 0.2) is 35.1 Å². The van der Waals surface area contributed by atoms with Gasteiger partial charge in [0.25, 0.3) is 5.56 Å². The van der Waals surface area contributed by atoms with Crippen molar-refractivity contribution in [2.75, 3.05) is 0 Å². The quantitative estimate of drug-likeness (QED) is 0.934. The average molecular weight is 297 g/mol. The van der Waals surface area contributed by atoms with Gasteiger partial charge in [0.2, 0.25) is 0 Å². The van der Waals surface area contributed by atoms with Gasteiger partial charge in [0.15, 0.2) is 0 Å². The molecule has 0 unspecified atom stereocenters. The van der Waals surface area contributed by atoms with Crippen LogP contribution < -0.4 is 5.56 Å². The van der Waals surface area contributed by atoms with E-state index < -0.39 is 0 Å². The molecule has 5 heteroatoms. The molecule has 0 aliphatic heterocycles. The van der Waals surface area contributed by atoms with Gasteiger partial charge in [-0.15, -0.1) is 11.8 Å². The lowest BCUT2D eigenvalue weighted by molar-refractivity contribution is 0.797. The summed E-state index contributed by atoms with van der Waals surface area (Å²) < 4.78 is 1.62. The third-order valence-corrected chi connectivity index (χ3v) is 4.26. The Morgan fingerprint density at radius 3 is 2.47 bits per heavy atom. The lowest BCUT2D eigenvalue weighted by Crippen LogP contribution is -2.14. The molecule has 0 saturated heterocycles. The molecule has 2 aromatic rings. The van der Waals surface area contributed by atoms with Crippen LogP contribution in [-0.2, 0) is 5.75 Å². The molecule has 1 aromatic carbocycles. The SMILES string of the molecule is CC(C)(C)SCc1[nH]n(-c2ccccc2)c(=O)c1Cl. The third-order valence-electron chi connectivity index (χ3n) is 2.57. The molecule has 0 spiro atoms. The van der Waals surface area contributed by atoms with Crippen molar-refractivity contribution in [3.63, 3.8) is 0 Å². The summed E-state index contributed by atoms with van der Waals surface area (Å²) in [5.74, 6) is 0.692. The monoisotopic (exact) mass is 296 g/mol. The van der Waals surface area contributed by atoms with Crippen LogP contribution in [0.5, 0.6) is 0 Å². The number of halogens is 1. The normalized spacial score (nSPS) is 11.8. The molecule has 102 valence electrons. The van der Waals surface area contributed by atoms with Crippen LogP contribution in [0.1, 0.15) is 26.5 Å². The van der Waals surface area contributed by atoms with Crippen LogP contribution in [0.4, 0.5) is 0 Å². The highest BCUT2D eigenvalue weighted by Crippen LogP contribution is 2.28. The molecule has 0 bridgehead atoms. The van der Waals surface area contributed by atoms with Crippen LogP contribution in [0, 0.1) is 0 Å². The Labute approximate surface area is 122 Å². The maximum atomic E-state index is 12.1. The molecule has 0 atom stereocenters. The fourth-order valence-corrected chi connectivity index (χ4v) is 2.66. The summed E-state index contributed by atoms with van der Waals surface area (Å²) in [5.41, 5.74) is 1.37. The number of thioether (sulfide) groups is 1. The molecule has 0 saturated carbocycles. The maximum Gasteiger partial charge on any atom is 0.290 e. The minimum absolute atomic E-state index is 0.134. The lowest BCUT2D eigenvalue weighted by atomic mass is 10.3. The van der Waals surface area contributed by atoms with E-state index in [9.17, 15) is 4.79 Å². The van der Waals surface area contributed by atoms with E-state index in [1.54, 1.807) is 11.8 Å². The van der Waals surface area contributed by atoms with Gasteiger partial charge in [-0.05, 0) is 12.1 Å². The smallest absolute Gasteiger partial charge is 0.290 e. The Morgan fingerprint density at radius 1 is 1.26 bits per heavy atom. The first-order valence-corrected chi connectivity index (χ1v) is 7.43. The molecular weight excluding hydrogens is 280 g/mol. The molecule has 0 fully saturated rings. The van der Waals surface area contributed by atoms with Crippen molar-refractivity contribution in [1.82, 2.24) is 9.78 Å². The summed E-state index contributed by atoms with van der Waals surface area (Å²) in [6, 6.07) is 9.43. The minimum Gasteiger partial charge on any atom is -0.293 e. The Bertz CT molecular complexity index is 611. The molecule has 0 amide bonds. The van der Waals surface area contributed by atoms with Crippen molar-refractivity contribution in [2.24, 2.45) is 0 Å². The molecule has 1 aromatic heterocycles. The second-order valence-electron chi connectivity index (χ2n) is 5.28. The van der Waals surface area contributed by atoms with E-state index in [2.05, 4.69) is 25.9 Å². The van der Waals surface area contributed by atoms with Crippen molar-refractivity contribution in [1.29, 1.82) is 0 Å². The van der Waals surface area contributed by atoms with Crippen LogP contribution >= 0.6 is 23.4 Å². The highest BCUT2D eigenvalue weighted by Gasteiger charge is 2.17. The fourth-order valence-electron chi connectivity index (χ4n) is 1.61. The van der Waals surface area contributed by atoms with Crippen molar-refractivity contribution >= 4 is 23.4 Å². The van der Waals surface area contributed by atoms with Crippen molar-refractivity contribution < 1.29 is 0 Å². The van der Waals surface area contributed by atoms with E-state index in [-0.39, 0.29) is 15.3 Å². The first kappa shape index (κ1) is 14.3. The van der Waals surface area contributed by atoms with Crippen LogP contribution in [-0.4, -0.2) is 14.5 Å². The molecule has 2 rings (SSSR count). The Morgan fingerprint density at radius 2 is 1.89 bits per heavy atom. The van der Waals surface area contributed by atoms with Crippen LogP contribution in [0.25, 0.3) is 5.69 Å². The van der Waals surface area contributed by atoms with Gasteiger partial charge < -0.3 is 0 Å². The summed E-state index contributed by atoms with van der Waals surface area (Å²) in [6.45, 7) is 6.41. The molecule has 1 N–H and O–H groups in total. The van der Waals surface area contributed by atoms with Crippen molar-refractivity contribution in [2.45, 2.75) is 31.3 Å². The highest BCUT2D eigenvalue weighted by molar-refractivity contribution is 7.99. The minimum atomic E-state index is -0.197. The van der Waals surface area contributed by atoms with Gasteiger partial charge in [-0.1, -0.05) is 50.6 Å². The number of aromatic amines is 1. The Balaban J connectivity index is 2.32. The Hall–Kier alpha value is -1.13. The number of hydrogen-bond donors (Lipinski definition) is 1. The first-order chi connectivity index (χ1) is 8.88. The van der Waals surface area contributed by atoms with Crippen molar-refractivity contribution in [3.8, 4) is 5.69 Å². The number of nitrogens with zero attached hydrogens (tertiary/aromatic N) is 1. The number of aromatic nitrogens is 2. The number of rotatable bonds is 3. The van der Waals surface area contributed by atoms with Crippen LogP contribution in [0.3, 0.4) is 0 Å². The largest absolute Gasteiger partial charge is 0.293 e. The van der Waals surface area contributed by atoms with E-state index in [0.717, 1.165) is 11.4 Å². The number of H-pyrrole nitrogens is 1. The third kappa shape index (κ3) is 3.45. The first-order valence-electron chi connectivity index (χ1n) is 6.07. The highest BCUT2D eigenvalue weighted by atomic mass is 35.5. The van der Waals surface area contributed by atoms with Crippen molar-refractivity contribution in [3.05, 3.63) is 51.4 Å². The lowest BCUT2D eigenvalue weighted by Gasteiger charge is -2.16. The summed E-state index contributed by atoms with van der Waals surface area (Å²) in [6.07, 6.45) is 0. The van der Waals surface area contributed by atoms with Gasteiger partial charge in [0, 0.05) is 10.5 Å². The van der Waals surface area contributed by atoms with E-state index in [1.807, 2.05) is 30.3 Å². The molecular formula is C14H17ClN2OS. The zero-order valence-electron chi connectivity index (χ0n) is 11.2. The molecule has 0 aliphatic carbocycles. The van der Waals surface area contributed by atoms with E-state index >= 15 is 0 Å².